The summed E-state index contributed by atoms with van der Waals surface area (Å²) in [5.41, 5.74) is 2.27. The van der Waals surface area contributed by atoms with E-state index in [4.69, 9.17) is 21.2 Å². The lowest BCUT2D eigenvalue weighted by molar-refractivity contribution is -0.126. The Kier molecular flexibility index (Phi) is 5.81. The molecule has 3 aromatic rings. The number of carbonyl (C=O) groups is 3. The molecule has 0 radical (unpaired) electrons. The summed E-state index contributed by atoms with van der Waals surface area (Å²) in [6, 6.07) is 22.2. The highest BCUT2D eigenvalue weighted by Gasteiger charge is 2.60. The van der Waals surface area contributed by atoms with Crippen molar-refractivity contribution >= 4 is 40.8 Å². The predicted molar refractivity (Wildman–Crippen MR) is 126 cm³/mol. The molecule has 0 bridgehead atoms. The van der Waals surface area contributed by atoms with Crippen LogP contribution in [-0.2, 0) is 19.2 Å². The third kappa shape index (κ3) is 3.73. The van der Waals surface area contributed by atoms with Gasteiger partial charge in [0.15, 0.2) is 6.10 Å². The third-order valence-electron chi connectivity index (χ3n) is 5.97. The zero-order valence-electron chi connectivity index (χ0n) is 18.3. The molecule has 34 heavy (non-hydrogen) atoms. The van der Waals surface area contributed by atoms with Crippen molar-refractivity contribution < 1.29 is 24.0 Å². The number of anilines is 2. The van der Waals surface area contributed by atoms with Crippen LogP contribution in [0.25, 0.3) is 0 Å². The highest BCUT2D eigenvalue weighted by Crippen LogP contribution is 2.47. The Labute approximate surface area is 201 Å². The molecule has 7 nitrogen and oxygen atoms in total. The van der Waals surface area contributed by atoms with Crippen molar-refractivity contribution in [3.8, 4) is 0 Å². The molecule has 172 valence electrons. The van der Waals surface area contributed by atoms with E-state index in [0.717, 1.165) is 10.5 Å². The first kappa shape index (κ1) is 22.1. The summed E-state index contributed by atoms with van der Waals surface area (Å²) in [4.78, 5) is 46.2. The van der Waals surface area contributed by atoms with Gasteiger partial charge in [-0.05, 0) is 61.0 Å². The van der Waals surface area contributed by atoms with Gasteiger partial charge < -0.3 is 4.74 Å². The van der Waals surface area contributed by atoms with E-state index >= 15 is 0 Å². The van der Waals surface area contributed by atoms with Crippen LogP contribution in [0.5, 0.6) is 0 Å². The Morgan fingerprint density at radius 2 is 1.56 bits per heavy atom. The molecule has 2 saturated heterocycles. The molecule has 8 heteroatoms. The van der Waals surface area contributed by atoms with Gasteiger partial charge >= 0.3 is 5.97 Å². The first-order valence-corrected chi connectivity index (χ1v) is 11.3. The maximum absolute atomic E-state index is 13.6. The lowest BCUT2D eigenvalue weighted by Gasteiger charge is -2.28. The Bertz CT molecular complexity index is 1230. The number of hydroxylamine groups is 1. The highest BCUT2D eigenvalue weighted by atomic mass is 35.5. The van der Waals surface area contributed by atoms with Gasteiger partial charge in [-0.1, -0.05) is 41.9 Å². The minimum Gasteiger partial charge on any atom is -0.462 e. The molecule has 5 rings (SSSR count). The fourth-order valence-electron chi connectivity index (χ4n) is 4.43. The summed E-state index contributed by atoms with van der Waals surface area (Å²) in [5.74, 6) is -2.01. The molecule has 3 aromatic carbocycles. The fourth-order valence-corrected chi connectivity index (χ4v) is 4.56. The molecular formula is C26H21ClN2O5. The number of amides is 2. The van der Waals surface area contributed by atoms with E-state index in [0.29, 0.717) is 22.0 Å². The van der Waals surface area contributed by atoms with E-state index in [1.165, 1.54) is 12.1 Å². The van der Waals surface area contributed by atoms with Crippen LogP contribution in [0, 0.1) is 5.92 Å². The molecule has 2 aliphatic rings. The maximum Gasteiger partial charge on any atom is 0.338 e. The van der Waals surface area contributed by atoms with Crippen LogP contribution in [0.2, 0.25) is 5.02 Å². The van der Waals surface area contributed by atoms with Crippen LogP contribution in [0.1, 0.15) is 28.9 Å². The van der Waals surface area contributed by atoms with Crippen LogP contribution in [-0.4, -0.2) is 30.5 Å². The average Bonchev–Trinajstić information content (AvgIpc) is 3.36. The van der Waals surface area contributed by atoms with E-state index in [9.17, 15) is 14.4 Å². The minimum atomic E-state index is -0.974. The molecule has 0 unspecified atom stereocenters. The number of ether oxygens (including phenoxy) is 1. The van der Waals surface area contributed by atoms with Crippen LogP contribution in [0.4, 0.5) is 11.4 Å². The summed E-state index contributed by atoms with van der Waals surface area (Å²) in [6.07, 6.45) is -0.974. The second kappa shape index (κ2) is 8.93. The standard InChI is InChI=1S/C26H21ClN2O5/c1-2-33-26(32)17-8-12-19(13-9-17)28-24(30)21-22(16-6-4-3-5-7-16)29(34-23(21)25(28)31)20-14-10-18(27)11-15-20/h3-15,21-23H,2H2,1H3/t21-,22+,23-/m0/s1. The first-order chi connectivity index (χ1) is 16.5. The number of hydrogen-bond donors (Lipinski definition) is 0. The molecule has 2 fully saturated rings. The second-order valence-corrected chi connectivity index (χ2v) is 8.43. The van der Waals surface area contributed by atoms with Crippen molar-refractivity contribution in [3.05, 3.63) is 95.0 Å². The van der Waals surface area contributed by atoms with Crippen LogP contribution < -0.4 is 9.96 Å². The molecule has 2 heterocycles. The van der Waals surface area contributed by atoms with E-state index in [-0.39, 0.29) is 12.5 Å². The summed E-state index contributed by atoms with van der Waals surface area (Å²) in [5, 5.41) is 2.20. The van der Waals surface area contributed by atoms with Gasteiger partial charge in [-0.3, -0.25) is 14.4 Å². The molecule has 0 aromatic heterocycles. The van der Waals surface area contributed by atoms with Gasteiger partial charge in [0.25, 0.3) is 5.91 Å². The number of nitrogens with zero attached hydrogens (tertiary/aromatic N) is 2. The molecule has 3 atom stereocenters. The molecule has 0 aliphatic carbocycles. The average molecular weight is 477 g/mol. The SMILES string of the molecule is CCOC(=O)c1ccc(N2C(=O)[C@@H]3[C@H](ON(c4ccc(Cl)cc4)[C@@H]3c3ccccc3)C2=O)cc1. The number of halogens is 1. The van der Waals surface area contributed by atoms with Gasteiger partial charge in [0.05, 0.1) is 29.6 Å². The number of rotatable bonds is 5. The topological polar surface area (TPSA) is 76.2 Å². The molecular weight excluding hydrogens is 456 g/mol. The largest absolute Gasteiger partial charge is 0.462 e. The minimum absolute atomic E-state index is 0.259. The van der Waals surface area contributed by atoms with E-state index < -0.39 is 29.9 Å². The number of fused-ring (bicyclic) bond motifs is 1. The van der Waals surface area contributed by atoms with Crippen molar-refractivity contribution in [1.29, 1.82) is 0 Å². The predicted octanol–water partition coefficient (Wildman–Crippen LogP) is 4.57. The molecule has 2 amide bonds. The Hall–Kier alpha value is -3.68. The fraction of sp³-hybridized carbons (Fsp3) is 0.192. The van der Waals surface area contributed by atoms with Crippen LogP contribution in [0.15, 0.2) is 78.9 Å². The summed E-state index contributed by atoms with van der Waals surface area (Å²) < 4.78 is 5.00. The summed E-state index contributed by atoms with van der Waals surface area (Å²) in [7, 11) is 0. The number of esters is 1. The Balaban J connectivity index is 1.49. The maximum atomic E-state index is 13.6. The zero-order chi connectivity index (χ0) is 23.8. The monoisotopic (exact) mass is 476 g/mol. The normalized spacial score (nSPS) is 21.6. The van der Waals surface area contributed by atoms with Crippen LogP contribution >= 0.6 is 11.6 Å². The van der Waals surface area contributed by atoms with Gasteiger partial charge in [0.1, 0.15) is 5.92 Å². The lowest BCUT2D eigenvalue weighted by Crippen LogP contribution is -2.37. The highest BCUT2D eigenvalue weighted by molar-refractivity contribution is 6.30. The zero-order valence-corrected chi connectivity index (χ0v) is 19.0. The number of carbonyl (C=O) groups excluding carboxylic acids is 3. The Morgan fingerprint density at radius 1 is 0.912 bits per heavy atom. The summed E-state index contributed by atoms with van der Waals surface area (Å²) in [6.45, 7) is 1.98. The van der Waals surface area contributed by atoms with Gasteiger partial charge in [-0.25, -0.2) is 14.8 Å². The second-order valence-electron chi connectivity index (χ2n) is 7.99. The molecule has 0 saturated carbocycles. The van der Waals surface area contributed by atoms with Crippen molar-refractivity contribution in [2.75, 3.05) is 16.6 Å². The van der Waals surface area contributed by atoms with Crippen molar-refractivity contribution in [2.24, 2.45) is 5.92 Å². The van der Waals surface area contributed by atoms with Crippen molar-refractivity contribution in [3.63, 3.8) is 0 Å². The smallest absolute Gasteiger partial charge is 0.338 e. The quantitative estimate of drug-likeness (QED) is 0.396. The van der Waals surface area contributed by atoms with Gasteiger partial charge in [0.2, 0.25) is 5.91 Å². The van der Waals surface area contributed by atoms with E-state index in [1.807, 2.05) is 30.3 Å². The number of benzene rings is 3. The van der Waals surface area contributed by atoms with Gasteiger partial charge in [0, 0.05) is 5.02 Å². The molecule has 0 spiro atoms. The summed E-state index contributed by atoms with van der Waals surface area (Å²) >= 11 is 6.05. The van der Waals surface area contributed by atoms with Crippen molar-refractivity contribution in [2.45, 2.75) is 19.1 Å². The van der Waals surface area contributed by atoms with Crippen molar-refractivity contribution in [1.82, 2.24) is 0 Å². The third-order valence-corrected chi connectivity index (χ3v) is 6.23. The van der Waals surface area contributed by atoms with E-state index in [2.05, 4.69) is 0 Å². The van der Waals surface area contributed by atoms with E-state index in [1.54, 1.807) is 48.4 Å². The number of imide groups is 1. The Morgan fingerprint density at radius 3 is 2.21 bits per heavy atom. The van der Waals surface area contributed by atoms with Crippen LogP contribution in [0.3, 0.4) is 0 Å². The van der Waals surface area contributed by atoms with Gasteiger partial charge in [-0.2, -0.15) is 0 Å². The molecule has 0 N–H and O–H groups in total. The number of hydrogen-bond acceptors (Lipinski definition) is 6. The first-order valence-electron chi connectivity index (χ1n) is 10.9. The molecule has 2 aliphatic heterocycles. The lowest BCUT2D eigenvalue weighted by atomic mass is 9.90. The van der Waals surface area contributed by atoms with Gasteiger partial charge in [-0.15, -0.1) is 0 Å².